The van der Waals surface area contributed by atoms with Crippen molar-refractivity contribution in [1.29, 1.82) is 0 Å². The van der Waals surface area contributed by atoms with E-state index in [-0.39, 0.29) is 12.2 Å². The van der Waals surface area contributed by atoms with Gasteiger partial charge in [-0.25, -0.2) is 4.39 Å². The van der Waals surface area contributed by atoms with Crippen LogP contribution in [0.3, 0.4) is 0 Å². The summed E-state index contributed by atoms with van der Waals surface area (Å²) >= 11 is 9.03. The number of halogens is 3. The zero-order chi connectivity index (χ0) is 12.8. The molecule has 0 spiro atoms. The second kappa shape index (κ2) is 6.97. The molecule has 0 fully saturated rings. The average molecular weight is 324 g/mol. The molecule has 0 atom stereocenters. The Morgan fingerprint density at radius 3 is 2.71 bits per heavy atom. The minimum absolute atomic E-state index is 0.170. The van der Waals surface area contributed by atoms with Crippen molar-refractivity contribution in [3.8, 4) is 0 Å². The molecule has 0 heterocycles. The van der Waals surface area contributed by atoms with Crippen LogP contribution in [0.2, 0.25) is 5.02 Å². The van der Waals surface area contributed by atoms with Crippen LogP contribution in [0.4, 0.5) is 4.39 Å². The van der Waals surface area contributed by atoms with Gasteiger partial charge in [0.1, 0.15) is 5.82 Å². The highest BCUT2D eigenvalue weighted by Gasteiger charge is 2.07. The van der Waals surface area contributed by atoms with E-state index < -0.39 is 5.97 Å². The van der Waals surface area contributed by atoms with Gasteiger partial charge >= 0.3 is 5.97 Å². The predicted octanol–water partition coefficient (Wildman–Crippen LogP) is 4.43. The van der Waals surface area contributed by atoms with Crippen LogP contribution in [0.1, 0.15) is 31.2 Å². The Kier molecular flexibility index (Phi) is 5.92. The van der Waals surface area contributed by atoms with Gasteiger partial charge in [0.15, 0.2) is 0 Å². The summed E-state index contributed by atoms with van der Waals surface area (Å²) < 4.78 is 14.0. The number of aliphatic carboxylic acids is 1. The Morgan fingerprint density at radius 2 is 2.06 bits per heavy atom. The minimum atomic E-state index is -0.789. The molecule has 0 bridgehead atoms. The van der Waals surface area contributed by atoms with Gasteiger partial charge in [0.05, 0.1) is 5.02 Å². The number of carbonyl (C=O) groups is 1. The maximum Gasteiger partial charge on any atom is 0.303 e. The van der Waals surface area contributed by atoms with Gasteiger partial charge in [-0.05, 0) is 52.9 Å². The number of hydrogen-bond donors (Lipinski definition) is 1. The summed E-state index contributed by atoms with van der Waals surface area (Å²) in [6.45, 7) is 0. The third-order valence-corrected chi connectivity index (χ3v) is 3.62. The summed E-state index contributed by atoms with van der Waals surface area (Å²) in [4.78, 5) is 10.3. The molecule has 0 aromatic heterocycles. The Labute approximate surface area is 113 Å². The van der Waals surface area contributed by atoms with Crippen LogP contribution in [0.25, 0.3) is 0 Å². The summed E-state index contributed by atoms with van der Waals surface area (Å²) in [5.74, 6) is -1.07. The van der Waals surface area contributed by atoms with E-state index in [1.807, 2.05) is 0 Å². The first-order valence-corrected chi connectivity index (χ1v) is 6.53. The Morgan fingerprint density at radius 1 is 1.35 bits per heavy atom. The number of unbranched alkanes of at least 4 members (excludes halogenated alkanes) is 2. The predicted molar refractivity (Wildman–Crippen MR) is 68.9 cm³/mol. The maximum atomic E-state index is 13.5. The first-order valence-electron chi connectivity index (χ1n) is 5.36. The lowest BCUT2D eigenvalue weighted by atomic mass is 10.1. The molecule has 94 valence electrons. The molecule has 0 unspecified atom stereocenters. The van der Waals surface area contributed by atoms with E-state index >= 15 is 0 Å². The summed E-state index contributed by atoms with van der Waals surface area (Å²) in [7, 11) is 0. The van der Waals surface area contributed by atoms with Gasteiger partial charge in [-0.1, -0.05) is 18.0 Å². The fourth-order valence-corrected chi connectivity index (χ4v) is 2.03. The molecule has 0 saturated heterocycles. The number of benzene rings is 1. The lowest BCUT2D eigenvalue weighted by Gasteiger charge is -2.05. The van der Waals surface area contributed by atoms with Gasteiger partial charge in [0.2, 0.25) is 0 Å². The van der Waals surface area contributed by atoms with Crippen molar-refractivity contribution >= 4 is 33.5 Å². The van der Waals surface area contributed by atoms with Crippen molar-refractivity contribution < 1.29 is 14.3 Å². The van der Waals surface area contributed by atoms with E-state index in [2.05, 4.69) is 15.9 Å². The number of carboxylic acid groups (broad SMARTS) is 1. The second-order valence-electron chi connectivity index (χ2n) is 3.81. The molecule has 0 radical (unpaired) electrons. The van der Waals surface area contributed by atoms with Crippen molar-refractivity contribution in [3.63, 3.8) is 0 Å². The maximum absolute atomic E-state index is 13.5. The quantitative estimate of drug-likeness (QED) is 0.621. The third-order valence-electron chi connectivity index (χ3n) is 2.43. The topological polar surface area (TPSA) is 37.3 Å². The lowest BCUT2D eigenvalue weighted by molar-refractivity contribution is -0.137. The molecule has 0 saturated carbocycles. The van der Waals surface area contributed by atoms with Crippen LogP contribution in [0.15, 0.2) is 16.6 Å². The first-order chi connectivity index (χ1) is 8.00. The van der Waals surface area contributed by atoms with Crippen LogP contribution >= 0.6 is 27.5 Å². The van der Waals surface area contributed by atoms with Crippen molar-refractivity contribution in [2.45, 2.75) is 32.1 Å². The van der Waals surface area contributed by atoms with E-state index in [0.717, 1.165) is 12.8 Å². The van der Waals surface area contributed by atoms with Crippen LogP contribution in [-0.4, -0.2) is 11.1 Å². The van der Waals surface area contributed by atoms with Crippen molar-refractivity contribution in [2.75, 3.05) is 0 Å². The third kappa shape index (κ3) is 5.04. The Balaban J connectivity index is 2.41. The summed E-state index contributed by atoms with van der Waals surface area (Å²) in [6, 6.07) is 2.97. The molecular formula is C12H13BrClFO2. The monoisotopic (exact) mass is 322 g/mol. The van der Waals surface area contributed by atoms with Crippen molar-refractivity contribution in [2.24, 2.45) is 0 Å². The standard InChI is InChI=1S/C12H13BrClFO2/c13-9-7-11(15)8(6-10(9)14)4-2-1-3-5-12(16)17/h6-7H,1-5H2,(H,16,17). The highest BCUT2D eigenvalue weighted by atomic mass is 79.9. The van der Waals surface area contributed by atoms with E-state index in [0.29, 0.717) is 27.9 Å². The number of hydrogen-bond acceptors (Lipinski definition) is 1. The summed E-state index contributed by atoms with van der Waals surface area (Å²) in [5.41, 5.74) is 0.577. The van der Waals surface area contributed by atoms with E-state index in [1.54, 1.807) is 6.07 Å². The van der Waals surface area contributed by atoms with Crippen LogP contribution < -0.4 is 0 Å². The molecule has 17 heavy (non-hydrogen) atoms. The van der Waals surface area contributed by atoms with Gasteiger partial charge < -0.3 is 5.11 Å². The molecule has 0 aliphatic heterocycles. The largest absolute Gasteiger partial charge is 0.481 e. The Hall–Kier alpha value is -0.610. The van der Waals surface area contributed by atoms with Crippen LogP contribution in [0.5, 0.6) is 0 Å². The Bertz CT molecular complexity index is 410. The number of carboxylic acids is 1. The molecule has 1 N–H and O–H groups in total. The van der Waals surface area contributed by atoms with Gasteiger partial charge in [-0.3, -0.25) is 4.79 Å². The highest BCUT2D eigenvalue weighted by molar-refractivity contribution is 9.10. The van der Waals surface area contributed by atoms with Crippen molar-refractivity contribution in [1.82, 2.24) is 0 Å². The smallest absolute Gasteiger partial charge is 0.303 e. The molecule has 1 aromatic carbocycles. The SMILES string of the molecule is O=C(O)CCCCCc1cc(Cl)c(Br)cc1F. The second-order valence-corrected chi connectivity index (χ2v) is 5.07. The lowest BCUT2D eigenvalue weighted by Crippen LogP contribution is -1.95. The van der Waals surface area contributed by atoms with Crippen LogP contribution in [0, 0.1) is 5.82 Å². The van der Waals surface area contributed by atoms with E-state index in [1.165, 1.54) is 6.07 Å². The zero-order valence-electron chi connectivity index (χ0n) is 9.18. The first kappa shape index (κ1) is 14.5. The molecule has 5 heteroatoms. The highest BCUT2D eigenvalue weighted by Crippen LogP contribution is 2.26. The summed E-state index contributed by atoms with van der Waals surface area (Å²) in [5, 5.41) is 8.95. The normalized spacial score (nSPS) is 10.5. The van der Waals surface area contributed by atoms with Crippen LogP contribution in [-0.2, 0) is 11.2 Å². The molecule has 0 aliphatic carbocycles. The number of rotatable bonds is 6. The van der Waals surface area contributed by atoms with Gasteiger partial charge in [-0.2, -0.15) is 0 Å². The molecule has 0 aliphatic rings. The average Bonchev–Trinajstić information content (AvgIpc) is 2.24. The fourth-order valence-electron chi connectivity index (χ4n) is 1.52. The number of aryl methyl sites for hydroxylation is 1. The fraction of sp³-hybridized carbons (Fsp3) is 0.417. The van der Waals surface area contributed by atoms with Gasteiger partial charge in [0, 0.05) is 10.9 Å². The minimum Gasteiger partial charge on any atom is -0.481 e. The van der Waals surface area contributed by atoms with Crippen molar-refractivity contribution in [3.05, 3.63) is 33.0 Å². The summed E-state index contributed by atoms with van der Waals surface area (Å²) in [6.07, 6.45) is 2.92. The molecule has 1 rings (SSSR count). The molecule has 1 aromatic rings. The van der Waals surface area contributed by atoms with Gasteiger partial charge in [-0.15, -0.1) is 0 Å². The molecule has 2 nitrogen and oxygen atoms in total. The molecular weight excluding hydrogens is 310 g/mol. The molecule has 0 amide bonds. The van der Waals surface area contributed by atoms with E-state index in [9.17, 15) is 9.18 Å². The van der Waals surface area contributed by atoms with Gasteiger partial charge in [0.25, 0.3) is 0 Å². The van der Waals surface area contributed by atoms with E-state index in [4.69, 9.17) is 16.7 Å². The zero-order valence-corrected chi connectivity index (χ0v) is 11.5.